The normalized spacial score (nSPS) is 12.1. The van der Waals surface area contributed by atoms with Gasteiger partial charge in [0.1, 0.15) is 5.82 Å². The average Bonchev–Trinajstić information content (AvgIpc) is 2.96. The average molecular weight is 257 g/mol. The number of carbonyl (C=O) groups is 1. The van der Waals surface area contributed by atoms with E-state index >= 15 is 0 Å². The molecular weight excluding hydrogens is 238 g/mol. The van der Waals surface area contributed by atoms with Crippen molar-refractivity contribution >= 4 is 5.91 Å². The Morgan fingerprint density at radius 2 is 2.16 bits per heavy atom. The molecule has 0 saturated heterocycles. The summed E-state index contributed by atoms with van der Waals surface area (Å²) in [6.45, 7) is 2.61. The predicted octanol–water partition coefficient (Wildman–Crippen LogP) is 2.26. The van der Waals surface area contributed by atoms with E-state index in [0.717, 1.165) is 24.2 Å². The second-order valence-electron chi connectivity index (χ2n) is 4.56. The summed E-state index contributed by atoms with van der Waals surface area (Å²) in [5, 5.41) is 2.96. The Labute approximate surface area is 113 Å². The van der Waals surface area contributed by atoms with Crippen molar-refractivity contribution in [3.05, 3.63) is 54.1 Å². The van der Waals surface area contributed by atoms with Crippen LogP contribution in [0.2, 0.25) is 0 Å². The maximum absolute atomic E-state index is 12.0. The number of benzene rings is 1. The van der Waals surface area contributed by atoms with Crippen LogP contribution in [0.25, 0.3) is 0 Å². The van der Waals surface area contributed by atoms with Crippen LogP contribution in [-0.4, -0.2) is 22.4 Å². The first kappa shape index (κ1) is 13.3. The lowest BCUT2D eigenvalue weighted by molar-refractivity contribution is -0.122. The van der Waals surface area contributed by atoms with Gasteiger partial charge in [-0.05, 0) is 18.9 Å². The number of hydrogen-bond donors (Lipinski definition) is 2. The van der Waals surface area contributed by atoms with Gasteiger partial charge in [0.25, 0.3) is 0 Å². The van der Waals surface area contributed by atoms with Gasteiger partial charge >= 0.3 is 0 Å². The molecule has 2 N–H and O–H groups in total. The number of imidazole rings is 1. The Morgan fingerprint density at radius 1 is 1.37 bits per heavy atom. The van der Waals surface area contributed by atoms with Crippen molar-refractivity contribution in [1.29, 1.82) is 0 Å². The molecule has 0 aliphatic rings. The van der Waals surface area contributed by atoms with Crippen molar-refractivity contribution in [1.82, 2.24) is 15.3 Å². The molecule has 1 heterocycles. The van der Waals surface area contributed by atoms with E-state index in [1.165, 1.54) is 0 Å². The van der Waals surface area contributed by atoms with Crippen LogP contribution >= 0.6 is 0 Å². The van der Waals surface area contributed by atoms with Gasteiger partial charge in [0.15, 0.2) is 0 Å². The minimum atomic E-state index is -0.107. The van der Waals surface area contributed by atoms with Gasteiger partial charge in [-0.3, -0.25) is 4.79 Å². The number of nitrogens with zero attached hydrogens (tertiary/aromatic N) is 1. The molecule has 19 heavy (non-hydrogen) atoms. The van der Waals surface area contributed by atoms with Crippen molar-refractivity contribution in [2.75, 3.05) is 6.54 Å². The molecule has 0 radical (unpaired) electrons. The molecule has 0 bridgehead atoms. The van der Waals surface area contributed by atoms with Crippen LogP contribution in [-0.2, 0) is 11.2 Å². The Bertz CT molecular complexity index is 493. The number of nitrogens with one attached hydrogen (secondary N) is 2. The summed E-state index contributed by atoms with van der Waals surface area (Å²) in [7, 11) is 0. The molecule has 2 aromatic rings. The number of aromatic nitrogens is 2. The Kier molecular flexibility index (Phi) is 4.72. The smallest absolute Gasteiger partial charge is 0.227 e. The number of hydrogen-bond acceptors (Lipinski definition) is 2. The van der Waals surface area contributed by atoms with Gasteiger partial charge in [0, 0.05) is 25.4 Å². The first-order valence-corrected chi connectivity index (χ1v) is 6.58. The van der Waals surface area contributed by atoms with E-state index in [9.17, 15) is 4.79 Å². The van der Waals surface area contributed by atoms with Gasteiger partial charge < -0.3 is 10.3 Å². The molecule has 0 aliphatic carbocycles. The van der Waals surface area contributed by atoms with E-state index in [0.29, 0.717) is 6.54 Å². The van der Waals surface area contributed by atoms with Gasteiger partial charge in [-0.15, -0.1) is 0 Å². The van der Waals surface area contributed by atoms with E-state index < -0.39 is 0 Å². The van der Waals surface area contributed by atoms with Gasteiger partial charge in [0.2, 0.25) is 5.91 Å². The lowest BCUT2D eigenvalue weighted by Gasteiger charge is -2.12. The summed E-state index contributed by atoms with van der Waals surface area (Å²) in [4.78, 5) is 19.2. The number of aromatic amines is 1. The molecule has 2 rings (SSSR count). The van der Waals surface area contributed by atoms with Crippen molar-refractivity contribution in [3.8, 4) is 0 Å². The molecule has 1 unspecified atom stereocenters. The van der Waals surface area contributed by atoms with Crippen molar-refractivity contribution < 1.29 is 4.79 Å². The molecule has 1 amide bonds. The zero-order valence-electron chi connectivity index (χ0n) is 11.1. The maximum Gasteiger partial charge on any atom is 0.227 e. The number of carbonyl (C=O) groups excluding carboxylic acids is 1. The fourth-order valence-electron chi connectivity index (χ4n) is 1.95. The Hall–Kier alpha value is -2.10. The Balaban J connectivity index is 1.72. The molecule has 4 nitrogen and oxygen atoms in total. The third kappa shape index (κ3) is 3.95. The van der Waals surface area contributed by atoms with Crippen molar-refractivity contribution in [2.45, 2.75) is 25.7 Å². The maximum atomic E-state index is 12.0. The summed E-state index contributed by atoms with van der Waals surface area (Å²) >= 11 is 0. The number of rotatable bonds is 6. The second-order valence-corrected chi connectivity index (χ2v) is 4.56. The first-order valence-electron chi connectivity index (χ1n) is 6.58. The van der Waals surface area contributed by atoms with Crippen molar-refractivity contribution in [3.63, 3.8) is 0 Å². The molecule has 1 aromatic carbocycles. The highest BCUT2D eigenvalue weighted by Crippen LogP contribution is 2.14. The highest BCUT2D eigenvalue weighted by Gasteiger charge is 2.13. The summed E-state index contributed by atoms with van der Waals surface area (Å²) in [6, 6.07) is 9.82. The van der Waals surface area contributed by atoms with E-state index in [1.807, 2.05) is 43.5 Å². The van der Waals surface area contributed by atoms with Crippen LogP contribution in [0.15, 0.2) is 42.7 Å². The van der Waals surface area contributed by atoms with Gasteiger partial charge in [0.05, 0.1) is 5.92 Å². The topological polar surface area (TPSA) is 57.8 Å². The minimum absolute atomic E-state index is 0.0747. The predicted molar refractivity (Wildman–Crippen MR) is 74.8 cm³/mol. The van der Waals surface area contributed by atoms with Crippen LogP contribution in [0.5, 0.6) is 0 Å². The molecule has 0 aliphatic heterocycles. The SMILES string of the molecule is CC(C(=O)NCCCc1ncc[nH]1)c1ccccc1. The second kappa shape index (κ2) is 6.73. The van der Waals surface area contributed by atoms with E-state index in [-0.39, 0.29) is 11.8 Å². The van der Waals surface area contributed by atoms with Crippen LogP contribution in [0.3, 0.4) is 0 Å². The van der Waals surface area contributed by atoms with Gasteiger partial charge in [-0.1, -0.05) is 30.3 Å². The largest absolute Gasteiger partial charge is 0.356 e. The molecule has 1 aromatic heterocycles. The summed E-state index contributed by atoms with van der Waals surface area (Å²) in [6.07, 6.45) is 5.30. The number of amides is 1. The van der Waals surface area contributed by atoms with Crippen LogP contribution in [0.4, 0.5) is 0 Å². The van der Waals surface area contributed by atoms with Crippen LogP contribution < -0.4 is 5.32 Å². The quantitative estimate of drug-likeness (QED) is 0.780. The summed E-state index contributed by atoms with van der Waals surface area (Å²) < 4.78 is 0. The fourth-order valence-corrected chi connectivity index (χ4v) is 1.95. The third-order valence-electron chi connectivity index (χ3n) is 3.14. The highest BCUT2D eigenvalue weighted by atomic mass is 16.1. The van der Waals surface area contributed by atoms with E-state index in [1.54, 1.807) is 6.20 Å². The van der Waals surface area contributed by atoms with Gasteiger partial charge in [-0.25, -0.2) is 4.98 Å². The first-order chi connectivity index (χ1) is 9.27. The number of H-pyrrole nitrogens is 1. The molecule has 0 saturated carbocycles. The summed E-state index contributed by atoms with van der Waals surface area (Å²) in [5.41, 5.74) is 1.05. The lowest BCUT2D eigenvalue weighted by Crippen LogP contribution is -2.29. The highest BCUT2D eigenvalue weighted by molar-refractivity contribution is 5.83. The molecule has 0 fully saturated rings. The monoisotopic (exact) mass is 257 g/mol. The molecule has 0 spiro atoms. The van der Waals surface area contributed by atoms with Crippen molar-refractivity contribution in [2.24, 2.45) is 0 Å². The molecule has 1 atom stereocenters. The minimum Gasteiger partial charge on any atom is -0.356 e. The summed E-state index contributed by atoms with van der Waals surface area (Å²) in [5.74, 6) is 0.931. The van der Waals surface area contributed by atoms with Crippen LogP contribution in [0.1, 0.15) is 30.7 Å². The molecule has 4 heteroatoms. The fraction of sp³-hybridized carbons (Fsp3) is 0.333. The van der Waals surface area contributed by atoms with E-state index in [4.69, 9.17) is 0 Å². The molecular formula is C15H19N3O. The Morgan fingerprint density at radius 3 is 2.84 bits per heavy atom. The number of aryl methyl sites for hydroxylation is 1. The third-order valence-corrected chi connectivity index (χ3v) is 3.14. The van der Waals surface area contributed by atoms with Crippen LogP contribution in [0, 0.1) is 0 Å². The van der Waals surface area contributed by atoms with E-state index in [2.05, 4.69) is 15.3 Å². The standard InChI is InChI=1S/C15H19N3O/c1-12(13-6-3-2-4-7-13)15(19)18-9-5-8-14-16-10-11-17-14/h2-4,6-7,10-12H,5,8-9H2,1H3,(H,16,17)(H,18,19). The lowest BCUT2D eigenvalue weighted by atomic mass is 10.0. The zero-order valence-corrected chi connectivity index (χ0v) is 11.1. The van der Waals surface area contributed by atoms with Gasteiger partial charge in [-0.2, -0.15) is 0 Å². The molecule has 100 valence electrons. The zero-order chi connectivity index (χ0) is 13.5.